The highest BCUT2D eigenvalue weighted by Crippen LogP contribution is 2.22. The summed E-state index contributed by atoms with van der Waals surface area (Å²) in [6.45, 7) is 1.82. The first kappa shape index (κ1) is 13.9. The second kappa shape index (κ2) is 5.61. The Morgan fingerprint density at radius 3 is 2.70 bits per heavy atom. The van der Waals surface area contributed by atoms with Crippen molar-refractivity contribution in [3.8, 4) is 5.75 Å². The molecule has 3 N–H and O–H groups in total. The van der Waals surface area contributed by atoms with Crippen molar-refractivity contribution >= 4 is 17.3 Å². The number of carbonyl (C=O) groups is 1. The van der Waals surface area contributed by atoms with Crippen LogP contribution in [0.15, 0.2) is 36.4 Å². The number of nitrogens with two attached hydrogens (primary N) is 1. The summed E-state index contributed by atoms with van der Waals surface area (Å²) in [6.07, 6.45) is 0. The van der Waals surface area contributed by atoms with Crippen molar-refractivity contribution in [2.45, 2.75) is 6.92 Å². The van der Waals surface area contributed by atoms with Crippen LogP contribution in [0.1, 0.15) is 15.9 Å². The van der Waals surface area contributed by atoms with Crippen LogP contribution in [0.2, 0.25) is 0 Å². The third-order valence-corrected chi connectivity index (χ3v) is 2.98. The molecule has 0 aliphatic carbocycles. The minimum atomic E-state index is -0.539. The van der Waals surface area contributed by atoms with Crippen LogP contribution in [0.25, 0.3) is 0 Å². The number of hydrogen-bond acceptors (Lipinski definition) is 3. The number of methoxy groups -OCH3 is 1. The molecule has 2 rings (SSSR count). The lowest BCUT2D eigenvalue weighted by Crippen LogP contribution is -2.14. The summed E-state index contributed by atoms with van der Waals surface area (Å²) in [6, 6.07) is 9.39. The first-order valence-corrected chi connectivity index (χ1v) is 6.03. The van der Waals surface area contributed by atoms with E-state index in [0.29, 0.717) is 16.9 Å². The maximum Gasteiger partial charge on any atom is 0.257 e. The lowest BCUT2D eigenvalue weighted by molar-refractivity contribution is 0.102. The number of amides is 1. The van der Waals surface area contributed by atoms with Crippen molar-refractivity contribution in [3.05, 3.63) is 53.3 Å². The van der Waals surface area contributed by atoms with E-state index in [-0.39, 0.29) is 11.7 Å². The van der Waals surface area contributed by atoms with Crippen LogP contribution in [0, 0.1) is 12.7 Å². The van der Waals surface area contributed by atoms with E-state index in [1.54, 1.807) is 18.2 Å². The standard InChI is InChI=1S/C15H15FN2O2/c1-9-4-3-5-11(14(9)17)15(19)18-10-6-7-13(20-2)12(16)8-10/h3-8H,17H2,1-2H3,(H,18,19). The maximum atomic E-state index is 13.5. The number of ether oxygens (including phenoxy) is 1. The zero-order valence-corrected chi connectivity index (χ0v) is 11.2. The second-order valence-corrected chi connectivity index (χ2v) is 4.34. The Bertz CT molecular complexity index is 656. The molecule has 2 aromatic rings. The smallest absolute Gasteiger partial charge is 0.257 e. The van der Waals surface area contributed by atoms with Gasteiger partial charge in [0.2, 0.25) is 0 Å². The summed E-state index contributed by atoms with van der Waals surface area (Å²) < 4.78 is 18.4. The van der Waals surface area contributed by atoms with Gasteiger partial charge in [-0.15, -0.1) is 0 Å². The van der Waals surface area contributed by atoms with E-state index >= 15 is 0 Å². The molecule has 0 aliphatic heterocycles. The molecule has 4 nitrogen and oxygen atoms in total. The van der Waals surface area contributed by atoms with E-state index in [1.807, 2.05) is 13.0 Å². The van der Waals surface area contributed by atoms with Crippen molar-refractivity contribution in [2.24, 2.45) is 0 Å². The molecule has 104 valence electrons. The van der Waals surface area contributed by atoms with Crippen LogP contribution in [0.3, 0.4) is 0 Å². The molecule has 0 atom stereocenters. The topological polar surface area (TPSA) is 64.3 Å². The number of nitrogen functional groups attached to an aromatic ring is 1. The number of benzene rings is 2. The summed E-state index contributed by atoms with van der Waals surface area (Å²) >= 11 is 0. The number of aryl methyl sites for hydroxylation is 1. The van der Waals surface area contributed by atoms with Gasteiger partial charge in [0.05, 0.1) is 12.7 Å². The molecule has 2 aromatic carbocycles. The normalized spacial score (nSPS) is 10.2. The highest BCUT2D eigenvalue weighted by Gasteiger charge is 2.12. The van der Waals surface area contributed by atoms with E-state index < -0.39 is 5.82 Å². The van der Waals surface area contributed by atoms with Crippen molar-refractivity contribution in [1.29, 1.82) is 0 Å². The summed E-state index contributed by atoms with van der Waals surface area (Å²) in [7, 11) is 1.38. The molecule has 0 saturated carbocycles. The van der Waals surface area contributed by atoms with Crippen LogP contribution in [0.4, 0.5) is 15.8 Å². The second-order valence-electron chi connectivity index (χ2n) is 4.34. The molecule has 0 saturated heterocycles. The van der Waals surface area contributed by atoms with Crippen LogP contribution in [0.5, 0.6) is 5.75 Å². The van der Waals surface area contributed by atoms with Crippen molar-refractivity contribution in [3.63, 3.8) is 0 Å². The monoisotopic (exact) mass is 274 g/mol. The molecule has 0 aliphatic rings. The molecule has 0 spiro atoms. The SMILES string of the molecule is COc1ccc(NC(=O)c2cccc(C)c2N)cc1F. The Morgan fingerprint density at radius 2 is 2.05 bits per heavy atom. The fraction of sp³-hybridized carbons (Fsp3) is 0.133. The minimum Gasteiger partial charge on any atom is -0.494 e. The summed E-state index contributed by atoms with van der Waals surface area (Å²) in [5, 5.41) is 2.60. The number of para-hydroxylation sites is 1. The zero-order valence-electron chi connectivity index (χ0n) is 11.2. The number of carbonyl (C=O) groups excluding carboxylic acids is 1. The Labute approximate surface area is 116 Å². The fourth-order valence-corrected chi connectivity index (χ4v) is 1.82. The third kappa shape index (κ3) is 2.71. The lowest BCUT2D eigenvalue weighted by Gasteiger charge is -2.10. The predicted octanol–water partition coefficient (Wildman–Crippen LogP) is 2.98. The van der Waals surface area contributed by atoms with E-state index in [0.717, 1.165) is 5.56 Å². The van der Waals surface area contributed by atoms with Crippen molar-refractivity contribution in [1.82, 2.24) is 0 Å². The van der Waals surface area contributed by atoms with Crippen molar-refractivity contribution in [2.75, 3.05) is 18.2 Å². The van der Waals surface area contributed by atoms with Gasteiger partial charge in [-0.05, 0) is 30.7 Å². The first-order chi connectivity index (χ1) is 9.52. The Balaban J connectivity index is 2.24. The van der Waals surface area contributed by atoms with Gasteiger partial charge in [-0.2, -0.15) is 0 Å². The molecule has 20 heavy (non-hydrogen) atoms. The van der Waals surface area contributed by atoms with Gasteiger partial charge in [0.25, 0.3) is 5.91 Å². The van der Waals surface area contributed by atoms with E-state index in [9.17, 15) is 9.18 Å². The molecule has 0 fully saturated rings. The highest BCUT2D eigenvalue weighted by molar-refractivity contribution is 6.08. The minimum absolute atomic E-state index is 0.123. The molecule has 5 heteroatoms. The predicted molar refractivity (Wildman–Crippen MR) is 76.5 cm³/mol. The Hall–Kier alpha value is -2.56. The quantitative estimate of drug-likeness (QED) is 0.846. The number of anilines is 2. The van der Waals surface area contributed by atoms with Crippen molar-refractivity contribution < 1.29 is 13.9 Å². The molecule has 0 unspecified atom stereocenters. The van der Waals surface area contributed by atoms with Gasteiger partial charge in [-0.1, -0.05) is 12.1 Å². The molecule has 0 bridgehead atoms. The van der Waals surface area contributed by atoms with Crippen LogP contribution in [-0.4, -0.2) is 13.0 Å². The van der Waals surface area contributed by atoms with Gasteiger partial charge in [-0.25, -0.2) is 4.39 Å². The fourth-order valence-electron chi connectivity index (χ4n) is 1.82. The van der Waals surface area contributed by atoms with Crippen LogP contribution >= 0.6 is 0 Å². The Kier molecular flexibility index (Phi) is 3.89. The highest BCUT2D eigenvalue weighted by atomic mass is 19.1. The summed E-state index contributed by atoms with van der Waals surface area (Å²) in [5.41, 5.74) is 7.80. The van der Waals surface area contributed by atoms with E-state index in [1.165, 1.54) is 19.2 Å². The molecule has 0 heterocycles. The number of rotatable bonds is 3. The largest absolute Gasteiger partial charge is 0.494 e. The Morgan fingerprint density at radius 1 is 1.30 bits per heavy atom. The zero-order chi connectivity index (χ0) is 14.7. The molecular weight excluding hydrogens is 259 g/mol. The van der Waals surface area contributed by atoms with Gasteiger partial charge in [0, 0.05) is 17.4 Å². The van der Waals surface area contributed by atoms with Gasteiger partial charge in [0.1, 0.15) is 0 Å². The summed E-state index contributed by atoms with van der Waals surface area (Å²) in [5.74, 6) is -0.795. The number of nitrogens with one attached hydrogen (secondary N) is 1. The molecule has 0 radical (unpaired) electrons. The van der Waals surface area contributed by atoms with Gasteiger partial charge in [-0.3, -0.25) is 4.79 Å². The number of hydrogen-bond donors (Lipinski definition) is 2. The maximum absolute atomic E-state index is 13.5. The van der Waals surface area contributed by atoms with Gasteiger partial charge < -0.3 is 15.8 Å². The van der Waals surface area contributed by atoms with Crippen LogP contribution in [-0.2, 0) is 0 Å². The lowest BCUT2D eigenvalue weighted by atomic mass is 10.1. The molecule has 1 amide bonds. The molecule has 0 aromatic heterocycles. The first-order valence-electron chi connectivity index (χ1n) is 6.03. The van der Waals surface area contributed by atoms with Crippen LogP contribution < -0.4 is 15.8 Å². The average Bonchev–Trinajstić information content (AvgIpc) is 2.42. The summed E-state index contributed by atoms with van der Waals surface area (Å²) in [4.78, 5) is 12.1. The van der Waals surface area contributed by atoms with Gasteiger partial charge >= 0.3 is 0 Å². The number of halogens is 1. The average molecular weight is 274 g/mol. The van der Waals surface area contributed by atoms with E-state index in [2.05, 4.69) is 5.32 Å². The molecular formula is C15H15FN2O2. The van der Waals surface area contributed by atoms with Gasteiger partial charge in [0.15, 0.2) is 11.6 Å². The third-order valence-electron chi connectivity index (χ3n) is 2.98. The van der Waals surface area contributed by atoms with E-state index in [4.69, 9.17) is 10.5 Å².